The first-order valence-electron chi connectivity index (χ1n) is 10.8. The number of rotatable bonds is 5. The molecule has 0 aliphatic carbocycles. The fourth-order valence-electron chi connectivity index (χ4n) is 4.34. The van der Waals surface area contributed by atoms with Crippen LogP contribution >= 0.6 is 0 Å². The normalized spacial score (nSPS) is 20.7. The van der Waals surface area contributed by atoms with Gasteiger partial charge in [0.1, 0.15) is 5.82 Å². The molecule has 1 aromatic heterocycles. The molecule has 6 nitrogen and oxygen atoms in total. The maximum atomic E-state index is 5.47. The van der Waals surface area contributed by atoms with E-state index in [1.807, 2.05) is 12.3 Å². The number of likely N-dealkylation sites (N-methyl/N-ethyl adjacent to an activating group) is 1. The highest BCUT2D eigenvalue weighted by Crippen LogP contribution is 2.23. The van der Waals surface area contributed by atoms with E-state index in [0.29, 0.717) is 6.04 Å². The Bertz CT molecular complexity index is 821. The van der Waals surface area contributed by atoms with E-state index < -0.39 is 0 Å². The molecule has 0 radical (unpaired) electrons. The van der Waals surface area contributed by atoms with Crippen LogP contribution in [0.4, 0.5) is 11.8 Å². The smallest absolute Gasteiger partial charge is 0.227 e. The summed E-state index contributed by atoms with van der Waals surface area (Å²) in [5.74, 6) is 1.83. The number of hydrogen-bond acceptors (Lipinski definition) is 6. The summed E-state index contributed by atoms with van der Waals surface area (Å²) in [4.78, 5) is 16.6. The van der Waals surface area contributed by atoms with Crippen molar-refractivity contribution in [3.63, 3.8) is 0 Å². The Labute approximate surface area is 174 Å². The van der Waals surface area contributed by atoms with Crippen LogP contribution in [-0.4, -0.2) is 67.4 Å². The number of piperidine rings is 1. The molecule has 156 valence electrons. The zero-order chi connectivity index (χ0) is 20.2. The van der Waals surface area contributed by atoms with Gasteiger partial charge in [-0.3, -0.25) is 4.90 Å². The quantitative estimate of drug-likeness (QED) is 0.775. The molecular weight excluding hydrogens is 362 g/mol. The van der Waals surface area contributed by atoms with Gasteiger partial charge in [0.05, 0.1) is 13.2 Å². The van der Waals surface area contributed by atoms with E-state index in [2.05, 4.69) is 58.8 Å². The van der Waals surface area contributed by atoms with Crippen molar-refractivity contribution in [3.05, 3.63) is 47.2 Å². The molecule has 0 spiro atoms. The molecule has 1 unspecified atom stereocenters. The van der Waals surface area contributed by atoms with E-state index in [1.54, 1.807) is 0 Å². The summed E-state index contributed by atoms with van der Waals surface area (Å²) in [6, 6.07) is 9.22. The SMILES string of the molecule is Cc1ccc(C)c(CN2CCCC(N(C)c3nccc(N4CCOCC4)n3)C2)c1. The zero-order valence-corrected chi connectivity index (χ0v) is 18.0. The third-order valence-electron chi connectivity index (χ3n) is 6.21. The molecular formula is C23H33N5O. The highest BCUT2D eigenvalue weighted by molar-refractivity contribution is 5.44. The first-order chi connectivity index (χ1) is 14.1. The lowest BCUT2D eigenvalue weighted by atomic mass is 10.0. The molecule has 0 bridgehead atoms. The van der Waals surface area contributed by atoms with Crippen molar-refractivity contribution in [2.75, 3.05) is 56.2 Å². The van der Waals surface area contributed by atoms with Gasteiger partial charge in [0.2, 0.25) is 5.95 Å². The second-order valence-corrected chi connectivity index (χ2v) is 8.39. The first kappa shape index (κ1) is 20.1. The molecule has 4 rings (SSSR count). The van der Waals surface area contributed by atoms with E-state index in [4.69, 9.17) is 9.72 Å². The lowest BCUT2D eigenvalue weighted by Crippen LogP contribution is -2.47. The first-order valence-corrected chi connectivity index (χ1v) is 10.8. The van der Waals surface area contributed by atoms with Crippen molar-refractivity contribution in [2.45, 2.75) is 39.3 Å². The Balaban J connectivity index is 1.43. The molecule has 3 heterocycles. The Morgan fingerprint density at radius 2 is 1.97 bits per heavy atom. The average molecular weight is 396 g/mol. The largest absolute Gasteiger partial charge is 0.378 e. The van der Waals surface area contributed by atoms with Gasteiger partial charge in [-0.15, -0.1) is 0 Å². The van der Waals surface area contributed by atoms with Crippen LogP contribution in [0.25, 0.3) is 0 Å². The van der Waals surface area contributed by atoms with Crippen LogP contribution in [0.15, 0.2) is 30.5 Å². The maximum Gasteiger partial charge on any atom is 0.227 e. The summed E-state index contributed by atoms with van der Waals surface area (Å²) in [6.07, 6.45) is 4.29. The van der Waals surface area contributed by atoms with Gasteiger partial charge in [-0.1, -0.05) is 23.8 Å². The van der Waals surface area contributed by atoms with Crippen molar-refractivity contribution < 1.29 is 4.74 Å². The van der Waals surface area contributed by atoms with E-state index in [-0.39, 0.29) is 0 Å². The molecule has 2 fully saturated rings. The summed E-state index contributed by atoms with van der Waals surface area (Å²) >= 11 is 0. The van der Waals surface area contributed by atoms with Crippen LogP contribution in [0, 0.1) is 13.8 Å². The molecule has 2 saturated heterocycles. The molecule has 1 atom stereocenters. The minimum Gasteiger partial charge on any atom is -0.378 e. The predicted molar refractivity (Wildman–Crippen MR) is 118 cm³/mol. The van der Waals surface area contributed by atoms with Gasteiger partial charge in [-0.2, -0.15) is 4.98 Å². The van der Waals surface area contributed by atoms with Crippen molar-refractivity contribution in [1.82, 2.24) is 14.9 Å². The molecule has 2 aliphatic rings. The highest BCUT2D eigenvalue weighted by atomic mass is 16.5. The Kier molecular flexibility index (Phi) is 6.31. The number of likely N-dealkylation sites (tertiary alicyclic amines) is 1. The highest BCUT2D eigenvalue weighted by Gasteiger charge is 2.25. The van der Waals surface area contributed by atoms with Crippen molar-refractivity contribution in [2.24, 2.45) is 0 Å². The van der Waals surface area contributed by atoms with Crippen LogP contribution < -0.4 is 9.80 Å². The minimum atomic E-state index is 0.439. The van der Waals surface area contributed by atoms with E-state index >= 15 is 0 Å². The molecule has 6 heteroatoms. The second kappa shape index (κ2) is 9.09. The van der Waals surface area contributed by atoms with Gasteiger partial charge < -0.3 is 14.5 Å². The number of aryl methyl sites for hydroxylation is 2. The second-order valence-electron chi connectivity index (χ2n) is 8.39. The fraction of sp³-hybridized carbons (Fsp3) is 0.565. The van der Waals surface area contributed by atoms with Gasteiger partial charge in [-0.25, -0.2) is 4.98 Å². The molecule has 2 aromatic rings. The third-order valence-corrected chi connectivity index (χ3v) is 6.21. The molecule has 0 N–H and O–H groups in total. The summed E-state index contributed by atoms with van der Waals surface area (Å²) in [7, 11) is 2.14. The van der Waals surface area contributed by atoms with Crippen molar-refractivity contribution in [1.29, 1.82) is 0 Å². The lowest BCUT2D eigenvalue weighted by molar-refractivity contribution is 0.122. The predicted octanol–water partition coefficient (Wildman–Crippen LogP) is 3.03. The lowest BCUT2D eigenvalue weighted by Gasteiger charge is -2.38. The van der Waals surface area contributed by atoms with Gasteiger partial charge in [0.15, 0.2) is 0 Å². The van der Waals surface area contributed by atoms with Crippen molar-refractivity contribution >= 4 is 11.8 Å². The Hall–Kier alpha value is -2.18. The maximum absolute atomic E-state index is 5.47. The molecule has 1 aromatic carbocycles. The number of hydrogen-bond donors (Lipinski definition) is 0. The van der Waals surface area contributed by atoms with Gasteiger partial charge >= 0.3 is 0 Å². The Morgan fingerprint density at radius 3 is 2.79 bits per heavy atom. The van der Waals surface area contributed by atoms with Crippen molar-refractivity contribution in [3.8, 4) is 0 Å². The number of ether oxygens (including phenoxy) is 1. The van der Waals surface area contributed by atoms with Gasteiger partial charge in [0.25, 0.3) is 0 Å². The van der Waals surface area contributed by atoms with Crippen LogP contribution in [0.3, 0.4) is 0 Å². The van der Waals surface area contributed by atoms with E-state index in [0.717, 1.165) is 57.7 Å². The summed E-state index contributed by atoms with van der Waals surface area (Å²) < 4.78 is 5.47. The number of nitrogens with zero attached hydrogens (tertiary/aromatic N) is 5. The van der Waals surface area contributed by atoms with Crippen LogP contribution in [0.2, 0.25) is 0 Å². The third kappa shape index (κ3) is 4.87. The fourth-order valence-corrected chi connectivity index (χ4v) is 4.34. The monoisotopic (exact) mass is 395 g/mol. The van der Waals surface area contributed by atoms with E-state index in [9.17, 15) is 0 Å². The number of anilines is 2. The molecule has 29 heavy (non-hydrogen) atoms. The Morgan fingerprint density at radius 1 is 1.14 bits per heavy atom. The number of benzene rings is 1. The molecule has 0 saturated carbocycles. The average Bonchev–Trinajstić information content (AvgIpc) is 2.77. The molecule has 0 amide bonds. The topological polar surface area (TPSA) is 44.7 Å². The zero-order valence-electron chi connectivity index (χ0n) is 18.0. The summed E-state index contributed by atoms with van der Waals surface area (Å²) in [5, 5.41) is 0. The van der Waals surface area contributed by atoms with Crippen LogP contribution in [0.5, 0.6) is 0 Å². The number of aromatic nitrogens is 2. The summed E-state index contributed by atoms with van der Waals surface area (Å²) in [5.41, 5.74) is 4.16. The minimum absolute atomic E-state index is 0.439. The van der Waals surface area contributed by atoms with Crippen LogP contribution in [0.1, 0.15) is 29.5 Å². The standard InChI is InChI=1S/C23H33N5O/c1-18-6-7-19(2)20(15-18)16-27-10-4-5-21(17-27)26(3)23-24-9-8-22(25-23)28-11-13-29-14-12-28/h6-9,15,21H,4-5,10-14,16-17H2,1-3H3. The number of morpholine rings is 1. The van der Waals surface area contributed by atoms with Gasteiger partial charge in [-0.05, 0) is 50.4 Å². The van der Waals surface area contributed by atoms with Crippen LogP contribution in [-0.2, 0) is 11.3 Å². The summed E-state index contributed by atoms with van der Waals surface area (Å²) in [6.45, 7) is 11.0. The molecule has 2 aliphatic heterocycles. The van der Waals surface area contributed by atoms with E-state index in [1.165, 1.54) is 29.5 Å². The van der Waals surface area contributed by atoms with Gasteiger partial charge in [0, 0.05) is 45.5 Å².